The fourth-order valence-electron chi connectivity index (χ4n) is 1.42. The highest BCUT2D eigenvalue weighted by atomic mass is 79.9. The first-order valence-corrected chi connectivity index (χ1v) is 7.93. The molecule has 3 nitrogen and oxygen atoms in total. The van der Waals surface area contributed by atoms with Gasteiger partial charge in [0.1, 0.15) is 4.90 Å². The van der Waals surface area contributed by atoms with Crippen molar-refractivity contribution in [3.05, 3.63) is 57.5 Å². The Bertz CT molecular complexity index is 676. The number of halogens is 2. The van der Waals surface area contributed by atoms with Crippen LogP contribution in [0.2, 0.25) is 5.02 Å². The van der Waals surface area contributed by atoms with Gasteiger partial charge < -0.3 is 4.18 Å². The summed E-state index contributed by atoms with van der Waals surface area (Å²) < 4.78 is 29.8. The quantitative estimate of drug-likeness (QED) is 0.770. The maximum Gasteiger partial charge on any atom is 0.339 e. The van der Waals surface area contributed by atoms with Gasteiger partial charge in [-0.3, -0.25) is 0 Å². The Labute approximate surface area is 125 Å². The molecule has 0 aromatic heterocycles. The van der Waals surface area contributed by atoms with Crippen LogP contribution in [0.25, 0.3) is 0 Å². The first-order valence-electron chi connectivity index (χ1n) is 5.35. The zero-order valence-electron chi connectivity index (χ0n) is 9.93. The molecule has 6 heteroatoms. The largest absolute Gasteiger partial charge is 0.376 e. The van der Waals surface area contributed by atoms with Gasteiger partial charge in [0.15, 0.2) is 5.75 Å². The van der Waals surface area contributed by atoms with Crippen LogP contribution in [-0.4, -0.2) is 8.42 Å². The SMILES string of the molecule is Cc1ccc(S(=O)(=O)Oc2c(Cl)cccc2Br)cc1. The van der Waals surface area contributed by atoms with Gasteiger partial charge in [0.25, 0.3) is 0 Å². The molecule has 0 radical (unpaired) electrons. The summed E-state index contributed by atoms with van der Waals surface area (Å²) in [5, 5.41) is 0.227. The molecule has 2 aromatic carbocycles. The smallest absolute Gasteiger partial charge is 0.339 e. The van der Waals surface area contributed by atoms with Crippen molar-refractivity contribution in [3.8, 4) is 5.75 Å². The molecule has 0 atom stereocenters. The van der Waals surface area contributed by atoms with Gasteiger partial charge in [0.05, 0.1) is 9.50 Å². The standard InChI is InChI=1S/C13H10BrClO3S/c1-9-5-7-10(8-6-9)19(16,17)18-13-11(14)3-2-4-12(13)15/h2-8H,1H3. The molecule has 19 heavy (non-hydrogen) atoms. The Morgan fingerprint density at radius 3 is 2.32 bits per heavy atom. The maximum atomic E-state index is 12.1. The van der Waals surface area contributed by atoms with E-state index in [0.29, 0.717) is 4.47 Å². The molecule has 0 heterocycles. The van der Waals surface area contributed by atoms with Gasteiger partial charge in [0.2, 0.25) is 0 Å². The third-order valence-electron chi connectivity index (χ3n) is 2.42. The summed E-state index contributed by atoms with van der Waals surface area (Å²) in [5.74, 6) is 0.0877. The van der Waals surface area contributed by atoms with Crippen LogP contribution in [0.4, 0.5) is 0 Å². The van der Waals surface area contributed by atoms with Gasteiger partial charge in [-0.2, -0.15) is 8.42 Å². The van der Waals surface area contributed by atoms with Crippen LogP contribution in [0.5, 0.6) is 5.75 Å². The van der Waals surface area contributed by atoms with Crippen LogP contribution in [0.1, 0.15) is 5.56 Å². The van der Waals surface area contributed by atoms with Gasteiger partial charge in [-0.1, -0.05) is 35.4 Å². The highest BCUT2D eigenvalue weighted by Gasteiger charge is 2.19. The van der Waals surface area contributed by atoms with Gasteiger partial charge in [-0.25, -0.2) is 0 Å². The van der Waals surface area contributed by atoms with Crippen molar-refractivity contribution in [1.29, 1.82) is 0 Å². The average molecular weight is 362 g/mol. The molecule has 0 unspecified atom stereocenters. The molecule has 2 rings (SSSR count). The van der Waals surface area contributed by atoms with Crippen LogP contribution in [0.15, 0.2) is 51.8 Å². The van der Waals surface area contributed by atoms with Crippen LogP contribution in [0, 0.1) is 6.92 Å². The Morgan fingerprint density at radius 1 is 1.11 bits per heavy atom. The summed E-state index contributed by atoms with van der Waals surface area (Å²) in [4.78, 5) is 0.0879. The number of hydrogen-bond acceptors (Lipinski definition) is 3. The van der Waals surface area contributed by atoms with Crippen molar-refractivity contribution in [2.45, 2.75) is 11.8 Å². The molecular formula is C13H10BrClO3S. The van der Waals surface area contributed by atoms with Crippen LogP contribution < -0.4 is 4.18 Å². The predicted octanol–water partition coefficient (Wildman–Crippen LogP) is 4.18. The molecule has 0 saturated heterocycles. The van der Waals surface area contributed by atoms with Crippen LogP contribution in [0.3, 0.4) is 0 Å². The topological polar surface area (TPSA) is 43.4 Å². The zero-order chi connectivity index (χ0) is 14.0. The highest BCUT2D eigenvalue weighted by Crippen LogP contribution is 2.34. The van der Waals surface area contributed by atoms with E-state index in [1.165, 1.54) is 12.1 Å². The normalized spacial score (nSPS) is 11.3. The Kier molecular flexibility index (Phi) is 4.18. The van der Waals surface area contributed by atoms with E-state index in [4.69, 9.17) is 15.8 Å². The molecule has 2 aromatic rings. The molecular weight excluding hydrogens is 352 g/mol. The monoisotopic (exact) mass is 360 g/mol. The number of benzene rings is 2. The second kappa shape index (κ2) is 5.53. The molecule has 0 spiro atoms. The number of para-hydroxylation sites is 1. The summed E-state index contributed by atoms with van der Waals surface area (Å²) in [5.41, 5.74) is 0.970. The van der Waals surface area contributed by atoms with Crippen LogP contribution in [-0.2, 0) is 10.1 Å². The van der Waals surface area contributed by atoms with E-state index in [-0.39, 0.29) is 15.7 Å². The summed E-state index contributed by atoms with van der Waals surface area (Å²) in [6.45, 7) is 1.88. The minimum Gasteiger partial charge on any atom is -0.376 e. The minimum absolute atomic E-state index is 0.0877. The Balaban J connectivity index is 2.39. The lowest BCUT2D eigenvalue weighted by Crippen LogP contribution is -2.10. The predicted molar refractivity (Wildman–Crippen MR) is 78.1 cm³/mol. The average Bonchev–Trinajstić information content (AvgIpc) is 2.35. The fraction of sp³-hybridized carbons (Fsp3) is 0.0769. The second-order valence-electron chi connectivity index (χ2n) is 3.90. The molecule has 0 aliphatic rings. The lowest BCUT2D eigenvalue weighted by Gasteiger charge is -2.10. The van der Waals surface area contributed by atoms with E-state index in [1.807, 2.05) is 6.92 Å². The summed E-state index contributed by atoms with van der Waals surface area (Å²) in [6.07, 6.45) is 0. The van der Waals surface area contributed by atoms with E-state index >= 15 is 0 Å². The molecule has 0 N–H and O–H groups in total. The van der Waals surface area contributed by atoms with E-state index < -0.39 is 10.1 Å². The molecule has 0 fully saturated rings. The van der Waals surface area contributed by atoms with Gasteiger partial charge >= 0.3 is 10.1 Å². The summed E-state index contributed by atoms with van der Waals surface area (Å²) in [6, 6.07) is 11.3. The number of rotatable bonds is 3. The van der Waals surface area contributed by atoms with E-state index in [1.54, 1.807) is 30.3 Å². The summed E-state index contributed by atoms with van der Waals surface area (Å²) >= 11 is 9.14. The Hall–Kier alpha value is -1.04. The third-order valence-corrected chi connectivity index (χ3v) is 4.58. The van der Waals surface area contributed by atoms with Crippen molar-refractivity contribution >= 4 is 37.6 Å². The molecule has 0 aliphatic carbocycles. The second-order valence-corrected chi connectivity index (χ2v) is 6.71. The fourth-order valence-corrected chi connectivity index (χ4v) is 3.32. The molecule has 0 amide bonds. The van der Waals surface area contributed by atoms with Crippen LogP contribution >= 0.6 is 27.5 Å². The van der Waals surface area contributed by atoms with Gasteiger partial charge in [0, 0.05) is 0 Å². The number of hydrogen-bond donors (Lipinski definition) is 0. The highest BCUT2D eigenvalue weighted by molar-refractivity contribution is 9.10. The molecule has 0 saturated carbocycles. The first kappa shape index (κ1) is 14.4. The van der Waals surface area contributed by atoms with E-state index in [2.05, 4.69) is 15.9 Å². The van der Waals surface area contributed by atoms with Crippen molar-refractivity contribution in [2.24, 2.45) is 0 Å². The molecule has 0 bridgehead atoms. The lowest BCUT2D eigenvalue weighted by molar-refractivity contribution is 0.484. The van der Waals surface area contributed by atoms with E-state index in [9.17, 15) is 8.42 Å². The molecule has 0 aliphatic heterocycles. The van der Waals surface area contributed by atoms with Gasteiger partial charge in [-0.15, -0.1) is 0 Å². The summed E-state index contributed by atoms with van der Waals surface area (Å²) in [7, 11) is -3.89. The van der Waals surface area contributed by atoms with E-state index in [0.717, 1.165) is 5.56 Å². The maximum absolute atomic E-state index is 12.1. The van der Waals surface area contributed by atoms with Crippen molar-refractivity contribution in [2.75, 3.05) is 0 Å². The van der Waals surface area contributed by atoms with Gasteiger partial charge in [-0.05, 0) is 47.1 Å². The third kappa shape index (κ3) is 3.29. The Morgan fingerprint density at radius 2 is 1.74 bits per heavy atom. The van der Waals surface area contributed by atoms with Crippen molar-refractivity contribution in [1.82, 2.24) is 0 Å². The van der Waals surface area contributed by atoms with Crippen molar-refractivity contribution in [3.63, 3.8) is 0 Å². The zero-order valence-corrected chi connectivity index (χ0v) is 13.1. The lowest BCUT2D eigenvalue weighted by atomic mass is 10.2. The first-order chi connectivity index (χ1) is 8.90. The molecule has 100 valence electrons. The number of aryl methyl sites for hydroxylation is 1. The van der Waals surface area contributed by atoms with Crippen molar-refractivity contribution < 1.29 is 12.6 Å². The minimum atomic E-state index is -3.89.